The fourth-order valence-electron chi connectivity index (χ4n) is 2.58. The quantitative estimate of drug-likeness (QED) is 0.606. The van der Waals surface area contributed by atoms with E-state index in [2.05, 4.69) is 41.4 Å². The minimum absolute atomic E-state index is 0.154. The number of hydrogen-bond donors (Lipinski definition) is 1. The van der Waals surface area contributed by atoms with E-state index in [9.17, 15) is 5.11 Å². The van der Waals surface area contributed by atoms with Crippen LogP contribution in [-0.4, -0.2) is 20.1 Å². The van der Waals surface area contributed by atoms with Gasteiger partial charge in [0.25, 0.3) is 0 Å². The molecule has 0 atom stereocenters. The van der Waals surface area contributed by atoms with E-state index in [1.165, 1.54) is 10.4 Å². The lowest BCUT2D eigenvalue weighted by Crippen LogP contribution is -1.99. The molecule has 4 aromatic rings. The van der Waals surface area contributed by atoms with Gasteiger partial charge < -0.3 is 5.11 Å². The number of aromatic nitrogens is 3. The molecule has 0 spiro atoms. The molecule has 1 aromatic heterocycles. The molecule has 3 aromatic carbocycles. The molecule has 0 amide bonds. The van der Waals surface area contributed by atoms with Gasteiger partial charge in [-0.2, -0.15) is 0 Å². The Morgan fingerprint density at radius 1 is 0.783 bits per heavy atom. The summed E-state index contributed by atoms with van der Waals surface area (Å²) in [6.07, 6.45) is 0. The van der Waals surface area contributed by atoms with Crippen LogP contribution in [0.15, 0.2) is 66.7 Å². The Hall–Kier alpha value is -3.14. The summed E-state index contributed by atoms with van der Waals surface area (Å²) in [5.41, 5.74) is 5.49. The Kier molecular flexibility index (Phi) is 3.08. The number of aromatic hydroxyl groups is 1. The first-order chi connectivity index (χ1) is 11.2. The van der Waals surface area contributed by atoms with Gasteiger partial charge in [0.2, 0.25) is 0 Å². The second-order valence-corrected chi connectivity index (χ2v) is 5.55. The summed E-state index contributed by atoms with van der Waals surface area (Å²) >= 11 is 0. The number of aryl methyl sites for hydroxylation is 1. The van der Waals surface area contributed by atoms with Crippen molar-refractivity contribution in [2.45, 2.75) is 6.92 Å². The van der Waals surface area contributed by atoms with Gasteiger partial charge in [0, 0.05) is 0 Å². The Morgan fingerprint density at radius 2 is 1.39 bits per heavy atom. The topological polar surface area (TPSA) is 50.9 Å². The Labute approximate surface area is 133 Å². The second kappa shape index (κ2) is 5.25. The molecular weight excluding hydrogens is 286 g/mol. The summed E-state index contributed by atoms with van der Waals surface area (Å²) in [7, 11) is 0. The predicted octanol–water partition coefficient (Wildman–Crippen LogP) is 4.10. The largest absolute Gasteiger partial charge is 0.506 e. The van der Waals surface area contributed by atoms with Crippen LogP contribution < -0.4 is 0 Å². The summed E-state index contributed by atoms with van der Waals surface area (Å²) in [6.45, 7) is 2.06. The molecule has 0 aliphatic carbocycles. The van der Waals surface area contributed by atoms with E-state index < -0.39 is 0 Å². The zero-order chi connectivity index (χ0) is 15.8. The molecule has 0 aliphatic rings. The zero-order valence-electron chi connectivity index (χ0n) is 12.6. The van der Waals surface area contributed by atoms with Crippen molar-refractivity contribution in [2.75, 3.05) is 0 Å². The number of hydrogen-bond acceptors (Lipinski definition) is 3. The van der Waals surface area contributed by atoms with E-state index in [0.717, 1.165) is 22.2 Å². The Balaban J connectivity index is 1.84. The summed E-state index contributed by atoms with van der Waals surface area (Å²) in [6, 6.07) is 21.4. The van der Waals surface area contributed by atoms with Gasteiger partial charge in [0.1, 0.15) is 22.5 Å². The van der Waals surface area contributed by atoms with E-state index in [-0.39, 0.29) is 5.75 Å². The van der Waals surface area contributed by atoms with Crippen LogP contribution >= 0.6 is 0 Å². The summed E-state index contributed by atoms with van der Waals surface area (Å²) < 4.78 is 0. The van der Waals surface area contributed by atoms with Crippen molar-refractivity contribution in [3.05, 3.63) is 72.3 Å². The third-order valence-corrected chi connectivity index (χ3v) is 3.86. The molecular formula is C19H15N3O. The maximum atomic E-state index is 10.2. The number of benzene rings is 3. The smallest absolute Gasteiger partial charge is 0.143 e. The molecule has 0 fully saturated rings. The van der Waals surface area contributed by atoms with Crippen LogP contribution in [0.1, 0.15) is 5.56 Å². The minimum atomic E-state index is 0.154. The van der Waals surface area contributed by atoms with E-state index in [1.807, 2.05) is 36.4 Å². The first-order valence-corrected chi connectivity index (χ1v) is 7.43. The number of phenolic OH excluding ortho intramolecular Hbond substituents is 1. The first kappa shape index (κ1) is 13.5. The number of phenols is 1. The molecule has 0 saturated heterocycles. The molecule has 4 rings (SSSR count). The van der Waals surface area contributed by atoms with E-state index in [1.54, 1.807) is 6.07 Å². The average Bonchev–Trinajstić information content (AvgIpc) is 3.00. The molecule has 4 nitrogen and oxygen atoms in total. The molecule has 4 heteroatoms. The SMILES string of the molecule is Cc1ccc(-c2ccc(O)c(-n3nc4ccccc4n3)c2)cc1. The highest BCUT2D eigenvalue weighted by Gasteiger charge is 2.10. The lowest BCUT2D eigenvalue weighted by Gasteiger charge is -2.07. The number of fused-ring (bicyclic) bond motifs is 1. The Morgan fingerprint density at radius 3 is 2.04 bits per heavy atom. The van der Waals surface area contributed by atoms with Gasteiger partial charge in [-0.3, -0.25) is 0 Å². The van der Waals surface area contributed by atoms with Crippen LogP contribution in [0.3, 0.4) is 0 Å². The molecule has 0 aliphatic heterocycles. The maximum absolute atomic E-state index is 10.2. The van der Waals surface area contributed by atoms with Crippen LogP contribution in [0.25, 0.3) is 27.8 Å². The lowest BCUT2D eigenvalue weighted by molar-refractivity contribution is 0.468. The van der Waals surface area contributed by atoms with E-state index in [4.69, 9.17) is 0 Å². The zero-order valence-corrected chi connectivity index (χ0v) is 12.6. The maximum Gasteiger partial charge on any atom is 0.143 e. The highest BCUT2D eigenvalue weighted by Crippen LogP contribution is 2.28. The van der Waals surface area contributed by atoms with Crippen LogP contribution in [0.4, 0.5) is 0 Å². The Bertz CT molecular complexity index is 954. The van der Waals surface area contributed by atoms with Crippen LogP contribution in [0, 0.1) is 6.92 Å². The second-order valence-electron chi connectivity index (χ2n) is 5.55. The standard InChI is InChI=1S/C19H15N3O/c1-13-6-8-14(9-7-13)15-10-11-19(23)18(12-15)22-20-16-4-2-3-5-17(16)21-22/h2-12,23H,1H3. The van der Waals surface area contributed by atoms with E-state index in [0.29, 0.717) is 5.69 Å². The summed E-state index contributed by atoms with van der Waals surface area (Å²) in [5, 5.41) is 19.1. The number of rotatable bonds is 2. The van der Waals surface area contributed by atoms with Gasteiger partial charge in [0.15, 0.2) is 0 Å². The van der Waals surface area contributed by atoms with Gasteiger partial charge in [0.05, 0.1) is 0 Å². The number of nitrogens with zero attached hydrogens (tertiary/aromatic N) is 3. The van der Waals surface area contributed by atoms with Crippen molar-refractivity contribution >= 4 is 11.0 Å². The molecule has 23 heavy (non-hydrogen) atoms. The fourth-order valence-corrected chi connectivity index (χ4v) is 2.58. The van der Waals surface area contributed by atoms with Crippen molar-refractivity contribution in [1.29, 1.82) is 0 Å². The van der Waals surface area contributed by atoms with Gasteiger partial charge in [-0.1, -0.05) is 48.0 Å². The highest BCUT2D eigenvalue weighted by molar-refractivity contribution is 5.74. The van der Waals surface area contributed by atoms with Crippen LogP contribution in [-0.2, 0) is 0 Å². The molecule has 1 heterocycles. The van der Waals surface area contributed by atoms with Gasteiger partial charge in [-0.15, -0.1) is 15.0 Å². The molecule has 0 saturated carbocycles. The van der Waals surface area contributed by atoms with Gasteiger partial charge in [-0.05, 0) is 42.3 Å². The third kappa shape index (κ3) is 2.44. The van der Waals surface area contributed by atoms with Crippen LogP contribution in [0.5, 0.6) is 5.75 Å². The summed E-state index contributed by atoms with van der Waals surface area (Å²) in [4.78, 5) is 1.48. The predicted molar refractivity (Wildman–Crippen MR) is 90.7 cm³/mol. The third-order valence-electron chi connectivity index (χ3n) is 3.86. The van der Waals surface area contributed by atoms with Crippen LogP contribution in [0.2, 0.25) is 0 Å². The molecule has 0 radical (unpaired) electrons. The van der Waals surface area contributed by atoms with Crippen molar-refractivity contribution < 1.29 is 5.11 Å². The lowest BCUT2D eigenvalue weighted by atomic mass is 10.0. The van der Waals surface area contributed by atoms with E-state index >= 15 is 0 Å². The van der Waals surface area contributed by atoms with Crippen molar-refractivity contribution in [3.8, 4) is 22.6 Å². The molecule has 112 valence electrons. The average molecular weight is 301 g/mol. The fraction of sp³-hybridized carbons (Fsp3) is 0.0526. The molecule has 0 bridgehead atoms. The van der Waals surface area contributed by atoms with Gasteiger partial charge >= 0.3 is 0 Å². The van der Waals surface area contributed by atoms with Crippen molar-refractivity contribution in [2.24, 2.45) is 0 Å². The highest BCUT2D eigenvalue weighted by atomic mass is 16.3. The molecule has 0 unspecified atom stereocenters. The molecule has 1 N–H and O–H groups in total. The minimum Gasteiger partial charge on any atom is -0.506 e. The van der Waals surface area contributed by atoms with Crippen molar-refractivity contribution in [3.63, 3.8) is 0 Å². The normalized spacial score (nSPS) is 11.0. The monoisotopic (exact) mass is 301 g/mol. The summed E-state index contributed by atoms with van der Waals surface area (Å²) in [5.74, 6) is 0.154. The van der Waals surface area contributed by atoms with Crippen molar-refractivity contribution in [1.82, 2.24) is 15.0 Å². The van der Waals surface area contributed by atoms with Gasteiger partial charge in [-0.25, -0.2) is 0 Å². The first-order valence-electron chi connectivity index (χ1n) is 7.43.